The maximum absolute atomic E-state index is 12.2. The Morgan fingerprint density at radius 2 is 1.91 bits per heavy atom. The molecule has 3 N–H and O–H groups in total. The van der Waals surface area contributed by atoms with Gasteiger partial charge in [-0.15, -0.1) is 11.8 Å². The number of piperidine rings is 1. The van der Waals surface area contributed by atoms with Gasteiger partial charge >= 0.3 is 6.03 Å². The first-order valence-electron chi connectivity index (χ1n) is 11.9. The van der Waals surface area contributed by atoms with Crippen LogP contribution in [0.25, 0.3) is 11.3 Å². The van der Waals surface area contributed by atoms with Crippen LogP contribution in [-0.2, 0) is 0 Å². The Balaban J connectivity index is 1.34. The van der Waals surface area contributed by atoms with Crippen LogP contribution in [0.1, 0.15) is 42.9 Å². The first kappa shape index (κ1) is 24.2. The molecule has 1 aliphatic heterocycles. The molecule has 0 bridgehead atoms. The monoisotopic (exact) mass is 480 g/mol. The molecule has 34 heavy (non-hydrogen) atoms. The summed E-state index contributed by atoms with van der Waals surface area (Å²) < 4.78 is 6.08. The van der Waals surface area contributed by atoms with Gasteiger partial charge in [-0.1, -0.05) is 31.5 Å². The SMILES string of the molecule is CCSC(c1ncc(-c2ccc(NC(=O)NCCN3CCCCC3)cc2)o1)c1ccccc1O. The highest BCUT2D eigenvalue weighted by Gasteiger charge is 2.23. The number of aromatic hydroxyl groups is 1. The van der Waals surface area contributed by atoms with Crippen molar-refractivity contribution in [3.05, 3.63) is 66.2 Å². The van der Waals surface area contributed by atoms with Gasteiger partial charge in [0.05, 0.1) is 6.20 Å². The molecule has 1 aromatic heterocycles. The number of phenols is 1. The van der Waals surface area contributed by atoms with Crippen molar-refractivity contribution in [2.45, 2.75) is 31.4 Å². The first-order chi connectivity index (χ1) is 16.6. The number of thioether (sulfide) groups is 1. The topological polar surface area (TPSA) is 90.6 Å². The van der Waals surface area contributed by atoms with Crippen LogP contribution in [-0.4, -0.2) is 53.0 Å². The normalized spacial score (nSPS) is 15.1. The zero-order valence-electron chi connectivity index (χ0n) is 19.5. The lowest BCUT2D eigenvalue weighted by Crippen LogP contribution is -2.39. The fourth-order valence-electron chi connectivity index (χ4n) is 4.12. The minimum absolute atomic E-state index is 0.186. The quantitative estimate of drug-likeness (QED) is 0.375. The summed E-state index contributed by atoms with van der Waals surface area (Å²) in [5, 5.41) is 15.9. The van der Waals surface area contributed by atoms with Gasteiger partial charge in [0, 0.05) is 29.9 Å². The Kier molecular flexibility index (Phi) is 8.49. The number of anilines is 1. The first-order valence-corrected chi connectivity index (χ1v) is 12.9. The number of likely N-dealkylation sites (tertiary alicyclic amines) is 1. The molecule has 2 amide bonds. The molecule has 4 rings (SSSR count). The van der Waals surface area contributed by atoms with Crippen molar-refractivity contribution in [3.8, 4) is 17.1 Å². The molecule has 1 atom stereocenters. The number of amides is 2. The van der Waals surface area contributed by atoms with E-state index >= 15 is 0 Å². The summed E-state index contributed by atoms with van der Waals surface area (Å²) in [7, 11) is 0. The van der Waals surface area contributed by atoms with Crippen LogP contribution < -0.4 is 10.6 Å². The van der Waals surface area contributed by atoms with Crippen molar-refractivity contribution in [2.24, 2.45) is 0 Å². The van der Waals surface area contributed by atoms with E-state index in [1.807, 2.05) is 36.4 Å². The number of phenolic OH excluding ortho intramolecular Hbond substituents is 1. The molecule has 1 unspecified atom stereocenters. The highest BCUT2D eigenvalue weighted by atomic mass is 32.2. The van der Waals surface area contributed by atoms with Crippen molar-refractivity contribution in [3.63, 3.8) is 0 Å². The third-order valence-corrected chi connectivity index (χ3v) is 7.01. The number of nitrogens with zero attached hydrogens (tertiary/aromatic N) is 2. The lowest BCUT2D eigenvalue weighted by atomic mass is 10.1. The molecule has 1 fully saturated rings. The van der Waals surface area contributed by atoms with Crippen molar-refractivity contribution in [1.82, 2.24) is 15.2 Å². The summed E-state index contributed by atoms with van der Waals surface area (Å²) in [4.78, 5) is 19.1. The van der Waals surface area contributed by atoms with Crippen molar-refractivity contribution in [1.29, 1.82) is 0 Å². The molecular formula is C26H32N4O3S. The second kappa shape index (κ2) is 11.9. The molecule has 7 nitrogen and oxygen atoms in total. The van der Waals surface area contributed by atoms with Crippen molar-refractivity contribution in [2.75, 3.05) is 37.2 Å². The average Bonchev–Trinajstić information content (AvgIpc) is 3.34. The van der Waals surface area contributed by atoms with Crippen LogP contribution in [0.15, 0.2) is 59.1 Å². The Morgan fingerprint density at radius 3 is 2.65 bits per heavy atom. The number of urea groups is 1. The predicted octanol–water partition coefficient (Wildman–Crippen LogP) is 5.50. The molecule has 0 spiro atoms. The Hall–Kier alpha value is -2.97. The van der Waals surface area contributed by atoms with Gasteiger partial charge in [0.25, 0.3) is 0 Å². The number of hydrogen-bond acceptors (Lipinski definition) is 6. The van der Waals surface area contributed by atoms with Gasteiger partial charge in [-0.2, -0.15) is 0 Å². The fraction of sp³-hybridized carbons (Fsp3) is 0.385. The molecule has 2 aromatic carbocycles. The van der Waals surface area contributed by atoms with Crippen LogP contribution in [0, 0.1) is 0 Å². The Morgan fingerprint density at radius 1 is 1.15 bits per heavy atom. The van der Waals surface area contributed by atoms with Gasteiger partial charge in [-0.25, -0.2) is 9.78 Å². The second-order valence-electron chi connectivity index (χ2n) is 8.32. The summed E-state index contributed by atoms with van der Waals surface area (Å²) in [6, 6.07) is 14.6. The molecule has 1 aliphatic rings. The predicted molar refractivity (Wildman–Crippen MR) is 137 cm³/mol. The van der Waals surface area contributed by atoms with E-state index in [2.05, 4.69) is 27.4 Å². The van der Waals surface area contributed by atoms with E-state index in [-0.39, 0.29) is 17.0 Å². The number of hydrogen-bond donors (Lipinski definition) is 3. The maximum Gasteiger partial charge on any atom is 0.319 e. The van der Waals surface area contributed by atoms with Gasteiger partial charge in [0.15, 0.2) is 5.76 Å². The largest absolute Gasteiger partial charge is 0.508 e. The molecule has 3 aromatic rings. The van der Waals surface area contributed by atoms with Crippen molar-refractivity contribution < 1.29 is 14.3 Å². The number of aromatic nitrogens is 1. The van der Waals surface area contributed by atoms with E-state index in [9.17, 15) is 9.90 Å². The molecule has 180 valence electrons. The molecule has 2 heterocycles. The molecular weight excluding hydrogens is 448 g/mol. The van der Waals surface area contributed by atoms with E-state index in [1.165, 1.54) is 19.3 Å². The number of nitrogens with one attached hydrogen (secondary N) is 2. The van der Waals surface area contributed by atoms with Gasteiger partial charge in [-0.05, 0) is 62.0 Å². The lowest BCUT2D eigenvalue weighted by molar-refractivity contribution is 0.224. The van der Waals surface area contributed by atoms with Gasteiger partial charge in [-0.3, -0.25) is 0 Å². The number of carbonyl (C=O) groups is 1. The molecule has 0 aliphatic carbocycles. The summed E-state index contributed by atoms with van der Waals surface area (Å²) in [5.74, 6) is 2.29. The van der Waals surface area contributed by atoms with Crippen molar-refractivity contribution >= 4 is 23.5 Å². The van der Waals surface area contributed by atoms with Gasteiger partial charge < -0.3 is 25.1 Å². The van der Waals surface area contributed by atoms with E-state index < -0.39 is 0 Å². The van der Waals surface area contributed by atoms with Gasteiger partial charge in [0.1, 0.15) is 11.0 Å². The second-order valence-corrected chi connectivity index (χ2v) is 9.70. The van der Waals surface area contributed by atoms with Crippen LogP contribution in [0.4, 0.5) is 10.5 Å². The number of benzene rings is 2. The average molecular weight is 481 g/mol. The highest BCUT2D eigenvalue weighted by molar-refractivity contribution is 7.99. The van der Waals surface area contributed by atoms with Crippen LogP contribution in [0.5, 0.6) is 5.75 Å². The fourth-order valence-corrected chi connectivity index (χ4v) is 5.08. The number of para-hydroxylation sites is 1. The Bertz CT molecular complexity index is 1060. The third-order valence-electron chi connectivity index (χ3n) is 5.89. The minimum atomic E-state index is -0.200. The van der Waals surface area contributed by atoms with E-state index in [0.717, 1.165) is 36.5 Å². The molecule has 0 radical (unpaired) electrons. The summed E-state index contributed by atoms with van der Waals surface area (Å²) in [6.07, 6.45) is 5.51. The molecule has 0 saturated carbocycles. The maximum atomic E-state index is 12.2. The standard InChI is InChI=1S/C26H32N4O3S/c1-2-34-24(21-8-4-5-9-22(21)31)25-28-18-23(33-25)19-10-12-20(13-11-19)29-26(32)27-14-17-30-15-6-3-7-16-30/h4-5,8-13,18,24,31H,2-3,6-7,14-17H2,1H3,(H2,27,29,32). The van der Waals surface area contributed by atoms with Crippen LogP contribution in [0.2, 0.25) is 0 Å². The number of rotatable bonds is 9. The lowest BCUT2D eigenvalue weighted by Gasteiger charge is -2.26. The number of oxazole rings is 1. The molecule has 8 heteroatoms. The summed E-state index contributed by atoms with van der Waals surface area (Å²) in [6.45, 7) is 5.84. The van der Waals surface area contributed by atoms with Crippen LogP contribution in [0.3, 0.4) is 0 Å². The van der Waals surface area contributed by atoms with Gasteiger partial charge in [0.2, 0.25) is 5.89 Å². The Labute approximate surface area is 205 Å². The number of carbonyl (C=O) groups excluding carboxylic acids is 1. The summed E-state index contributed by atoms with van der Waals surface area (Å²) >= 11 is 1.66. The molecule has 1 saturated heterocycles. The third kappa shape index (κ3) is 6.33. The smallest absolute Gasteiger partial charge is 0.319 e. The van der Waals surface area contributed by atoms with E-state index in [0.29, 0.717) is 23.9 Å². The van der Waals surface area contributed by atoms with E-state index in [1.54, 1.807) is 30.1 Å². The zero-order valence-corrected chi connectivity index (χ0v) is 20.3. The van der Waals surface area contributed by atoms with E-state index in [4.69, 9.17) is 4.42 Å². The zero-order chi connectivity index (χ0) is 23.8. The van der Waals surface area contributed by atoms with Crippen LogP contribution >= 0.6 is 11.8 Å². The summed E-state index contributed by atoms with van der Waals surface area (Å²) in [5.41, 5.74) is 2.37. The minimum Gasteiger partial charge on any atom is -0.508 e. The highest BCUT2D eigenvalue weighted by Crippen LogP contribution is 2.40.